The number of aromatic carboxylic acids is 2. The molecule has 0 amide bonds. The predicted molar refractivity (Wildman–Crippen MR) is 142 cm³/mol. The van der Waals surface area contributed by atoms with E-state index in [9.17, 15) is 19.8 Å². The third-order valence-corrected chi connectivity index (χ3v) is 7.21. The third-order valence-electron chi connectivity index (χ3n) is 7.21. The van der Waals surface area contributed by atoms with Gasteiger partial charge in [-0.2, -0.15) is 0 Å². The van der Waals surface area contributed by atoms with Crippen LogP contribution in [0.15, 0.2) is 91.0 Å². The van der Waals surface area contributed by atoms with Crippen molar-refractivity contribution < 1.29 is 19.8 Å². The van der Waals surface area contributed by atoms with Crippen molar-refractivity contribution in [3.63, 3.8) is 0 Å². The molecular weight excluding hydrogens is 448 g/mol. The van der Waals surface area contributed by atoms with Gasteiger partial charge in [0.25, 0.3) is 0 Å². The molecule has 180 valence electrons. The molecule has 0 bridgehead atoms. The van der Waals surface area contributed by atoms with Crippen LogP contribution in [-0.4, -0.2) is 22.2 Å². The van der Waals surface area contributed by atoms with Crippen LogP contribution >= 0.6 is 0 Å². The summed E-state index contributed by atoms with van der Waals surface area (Å²) in [6.07, 6.45) is 4.97. The number of carboxylic acids is 2. The second-order valence-electron chi connectivity index (χ2n) is 9.41. The van der Waals surface area contributed by atoms with E-state index < -0.39 is 11.9 Å². The fraction of sp³-hybridized carbons (Fsp3) is 0.188. The quantitative estimate of drug-likeness (QED) is 0.287. The number of hydrogen-bond donors (Lipinski definition) is 2. The fourth-order valence-corrected chi connectivity index (χ4v) is 5.58. The van der Waals surface area contributed by atoms with Crippen molar-refractivity contribution in [2.24, 2.45) is 0 Å². The lowest BCUT2D eigenvalue weighted by Crippen LogP contribution is -2.08. The molecule has 0 spiro atoms. The van der Waals surface area contributed by atoms with Crippen LogP contribution in [0.2, 0.25) is 0 Å². The first-order valence-corrected chi connectivity index (χ1v) is 12.4. The molecule has 1 aliphatic carbocycles. The van der Waals surface area contributed by atoms with Crippen LogP contribution in [-0.2, 0) is 6.42 Å². The van der Waals surface area contributed by atoms with Gasteiger partial charge in [0.15, 0.2) is 0 Å². The summed E-state index contributed by atoms with van der Waals surface area (Å²) >= 11 is 0. The highest BCUT2D eigenvalue weighted by Crippen LogP contribution is 2.47. The van der Waals surface area contributed by atoms with E-state index in [1.165, 1.54) is 0 Å². The largest absolute Gasteiger partial charge is 0.478 e. The highest BCUT2D eigenvalue weighted by atomic mass is 16.4. The van der Waals surface area contributed by atoms with Crippen LogP contribution < -0.4 is 0 Å². The Morgan fingerprint density at radius 1 is 0.639 bits per heavy atom. The average Bonchev–Trinajstić information content (AvgIpc) is 3.44. The molecule has 4 nitrogen and oxygen atoms in total. The first-order valence-electron chi connectivity index (χ1n) is 12.4. The molecule has 4 heteroatoms. The molecule has 0 atom stereocenters. The molecule has 36 heavy (non-hydrogen) atoms. The van der Waals surface area contributed by atoms with Crippen LogP contribution in [0.25, 0.3) is 22.3 Å². The van der Waals surface area contributed by atoms with Gasteiger partial charge in [0.1, 0.15) is 0 Å². The van der Waals surface area contributed by atoms with E-state index in [4.69, 9.17) is 0 Å². The van der Waals surface area contributed by atoms with E-state index in [0.29, 0.717) is 23.5 Å². The first-order chi connectivity index (χ1) is 17.5. The summed E-state index contributed by atoms with van der Waals surface area (Å²) in [4.78, 5) is 24.7. The lowest BCUT2D eigenvalue weighted by Gasteiger charge is -2.24. The molecule has 4 aromatic carbocycles. The maximum atomic E-state index is 12.3. The molecule has 2 N–H and O–H groups in total. The summed E-state index contributed by atoms with van der Waals surface area (Å²) in [5, 5.41) is 20.2. The van der Waals surface area contributed by atoms with E-state index >= 15 is 0 Å². The Bertz CT molecular complexity index is 1420. The summed E-state index contributed by atoms with van der Waals surface area (Å²) < 4.78 is 0. The average molecular weight is 477 g/mol. The zero-order valence-corrected chi connectivity index (χ0v) is 20.0. The van der Waals surface area contributed by atoms with Gasteiger partial charge in [0.05, 0.1) is 11.1 Å². The maximum Gasteiger partial charge on any atom is 0.336 e. The minimum absolute atomic E-state index is 0.212. The normalized spacial score (nSPS) is 13.6. The van der Waals surface area contributed by atoms with Crippen molar-refractivity contribution >= 4 is 11.9 Å². The van der Waals surface area contributed by atoms with Crippen LogP contribution in [0.3, 0.4) is 0 Å². The number of carbonyl (C=O) groups is 2. The molecule has 0 unspecified atom stereocenters. The van der Waals surface area contributed by atoms with Crippen molar-refractivity contribution in [1.82, 2.24) is 0 Å². The molecule has 0 saturated heterocycles. The predicted octanol–water partition coefficient (Wildman–Crippen LogP) is 7.67. The maximum absolute atomic E-state index is 12.3. The van der Waals surface area contributed by atoms with E-state index in [2.05, 4.69) is 24.3 Å². The Morgan fingerprint density at radius 3 is 1.75 bits per heavy atom. The van der Waals surface area contributed by atoms with Gasteiger partial charge in [-0.05, 0) is 76.3 Å². The molecule has 0 radical (unpaired) electrons. The first kappa shape index (κ1) is 23.6. The van der Waals surface area contributed by atoms with E-state index in [-0.39, 0.29) is 11.1 Å². The lowest BCUT2D eigenvalue weighted by atomic mass is 9.79. The van der Waals surface area contributed by atoms with E-state index in [0.717, 1.165) is 53.5 Å². The highest BCUT2D eigenvalue weighted by Gasteiger charge is 2.28. The fourth-order valence-electron chi connectivity index (χ4n) is 5.58. The minimum Gasteiger partial charge on any atom is -0.478 e. The molecule has 0 aromatic heterocycles. The Labute approximate surface area is 210 Å². The summed E-state index contributed by atoms with van der Waals surface area (Å²) in [5.74, 6) is -1.68. The number of rotatable bonds is 7. The van der Waals surface area contributed by atoms with Crippen LogP contribution in [0, 0.1) is 0 Å². The zero-order valence-electron chi connectivity index (χ0n) is 20.0. The van der Waals surface area contributed by atoms with Crippen molar-refractivity contribution in [2.75, 3.05) is 0 Å². The standard InChI is InChI=1S/C32H28O4/c33-31(34)27-16-8-6-14-25(27)29-23(20-21-10-2-1-3-11-21)18-19-24(22-12-4-5-13-22)30(29)26-15-7-9-17-28(26)32(35)36/h1-3,6-11,14-19,22H,4-5,12-13,20H2,(H,33,34)(H,35,36). The van der Waals surface area contributed by atoms with Crippen molar-refractivity contribution in [3.05, 3.63) is 119 Å². The van der Waals surface area contributed by atoms with Crippen molar-refractivity contribution in [3.8, 4) is 22.3 Å². The monoisotopic (exact) mass is 476 g/mol. The van der Waals surface area contributed by atoms with E-state index in [1.807, 2.05) is 42.5 Å². The molecule has 1 fully saturated rings. The van der Waals surface area contributed by atoms with Gasteiger partial charge in [-0.15, -0.1) is 0 Å². The van der Waals surface area contributed by atoms with Crippen LogP contribution in [0.5, 0.6) is 0 Å². The smallest absolute Gasteiger partial charge is 0.336 e. The van der Waals surface area contributed by atoms with Crippen LogP contribution in [0.1, 0.15) is 69.0 Å². The Balaban J connectivity index is 1.88. The summed E-state index contributed by atoms with van der Waals surface area (Å²) in [7, 11) is 0. The molecule has 5 rings (SSSR count). The lowest BCUT2D eigenvalue weighted by molar-refractivity contribution is 0.0686. The topological polar surface area (TPSA) is 74.6 Å². The third kappa shape index (κ3) is 4.55. The molecule has 0 heterocycles. The molecule has 0 aliphatic heterocycles. The van der Waals surface area contributed by atoms with Gasteiger partial charge >= 0.3 is 11.9 Å². The zero-order chi connectivity index (χ0) is 25.1. The van der Waals surface area contributed by atoms with Gasteiger partial charge in [-0.3, -0.25) is 0 Å². The van der Waals surface area contributed by atoms with Crippen LogP contribution in [0.4, 0.5) is 0 Å². The highest BCUT2D eigenvalue weighted by molar-refractivity contribution is 6.04. The minimum atomic E-state index is -1.000. The summed E-state index contributed by atoms with van der Waals surface area (Å²) in [6.45, 7) is 0. The van der Waals surface area contributed by atoms with Gasteiger partial charge in [0, 0.05) is 0 Å². The van der Waals surface area contributed by atoms with Crippen molar-refractivity contribution in [1.29, 1.82) is 0 Å². The second-order valence-corrected chi connectivity index (χ2v) is 9.41. The number of benzene rings is 4. The number of hydrogen-bond acceptors (Lipinski definition) is 2. The summed E-state index contributed by atoms with van der Waals surface area (Å²) in [5.41, 5.74) is 6.55. The summed E-state index contributed by atoms with van der Waals surface area (Å²) in [6, 6.07) is 28.5. The second kappa shape index (κ2) is 10.2. The van der Waals surface area contributed by atoms with Gasteiger partial charge in [-0.25, -0.2) is 9.59 Å². The van der Waals surface area contributed by atoms with Gasteiger partial charge < -0.3 is 10.2 Å². The molecule has 1 saturated carbocycles. The van der Waals surface area contributed by atoms with E-state index in [1.54, 1.807) is 24.3 Å². The molecular formula is C32H28O4. The molecule has 1 aliphatic rings. The van der Waals surface area contributed by atoms with Gasteiger partial charge in [0.2, 0.25) is 0 Å². The Kier molecular flexibility index (Phi) is 6.68. The Hall–Kier alpha value is -4.18. The Morgan fingerprint density at radius 2 is 1.17 bits per heavy atom. The SMILES string of the molecule is O=C(O)c1ccccc1-c1c(Cc2ccccc2)ccc(C2CCCC2)c1-c1ccccc1C(=O)O. The number of carboxylic acid groups (broad SMARTS) is 2. The van der Waals surface area contributed by atoms with Crippen molar-refractivity contribution in [2.45, 2.75) is 38.0 Å². The molecule has 4 aromatic rings. The van der Waals surface area contributed by atoms with Gasteiger partial charge in [-0.1, -0.05) is 91.7 Å².